The molecule has 0 aromatic carbocycles. The Morgan fingerprint density at radius 2 is 2.15 bits per heavy atom. The number of likely N-dealkylation sites (N-methyl/N-ethyl adjacent to an activating group) is 1. The first-order chi connectivity index (χ1) is 12.6. The normalized spacial score (nSPS) is 17.1. The summed E-state index contributed by atoms with van der Waals surface area (Å²) in [6, 6.07) is 4.64. The average molecular weight is 491 g/mol. The molecule has 7 nitrogen and oxygen atoms in total. The molecule has 1 aliphatic heterocycles. The van der Waals surface area contributed by atoms with Gasteiger partial charge >= 0.3 is 0 Å². The van der Waals surface area contributed by atoms with E-state index in [-0.39, 0.29) is 29.9 Å². The van der Waals surface area contributed by atoms with Crippen LogP contribution in [-0.4, -0.2) is 62.1 Å². The highest BCUT2D eigenvalue weighted by molar-refractivity contribution is 14.0. The van der Waals surface area contributed by atoms with Crippen LogP contribution in [0.5, 0.6) is 0 Å². The summed E-state index contributed by atoms with van der Waals surface area (Å²) in [6.45, 7) is 7.35. The van der Waals surface area contributed by atoms with Crippen LogP contribution in [0.2, 0.25) is 0 Å². The Labute approximate surface area is 179 Å². The maximum Gasteiger partial charge on any atom is 0.233 e. The van der Waals surface area contributed by atoms with E-state index in [2.05, 4.69) is 34.7 Å². The first-order valence-corrected chi connectivity index (χ1v) is 9.63. The fraction of sp³-hybridized carbons (Fsp3) is 0.684. The van der Waals surface area contributed by atoms with Gasteiger partial charge in [-0.25, -0.2) is 0 Å². The summed E-state index contributed by atoms with van der Waals surface area (Å²) in [4.78, 5) is 18.4. The summed E-state index contributed by atoms with van der Waals surface area (Å²) in [5.74, 6) is 1.91. The van der Waals surface area contributed by atoms with E-state index in [0.29, 0.717) is 25.2 Å². The van der Waals surface area contributed by atoms with Crippen LogP contribution in [0.1, 0.15) is 38.9 Å². The molecule has 3 N–H and O–H groups in total. The van der Waals surface area contributed by atoms with Crippen molar-refractivity contribution in [1.82, 2.24) is 20.9 Å². The summed E-state index contributed by atoms with van der Waals surface area (Å²) >= 11 is 0. The molecular formula is C19H34IN5O2. The standard InChI is InChI=1S/C19H33N5O2.HI/c1-4-15(2)22-19(21-10-7-17-6-5-13-26-17)23-16-8-11-24(12-9-16)14-18(25)20-3;/h5-6,13,15-16H,4,7-12,14H2,1-3H3,(H,20,25)(H2,21,22,23);1H. The van der Waals surface area contributed by atoms with E-state index < -0.39 is 0 Å². The Balaban J connectivity index is 0.00000364. The largest absolute Gasteiger partial charge is 0.469 e. The van der Waals surface area contributed by atoms with Gasteiger partial charge in [0, 0.05) is 45.2 Å². The molecule has 0 saturated carbocycles. The lowest BCUT2D eigenvalue weighted by Gasteiger charge is -2.33. The van der Waals surface area contributed by atoms with Gasteiger partial charge in [0.05, 0.1) is 12.8 Å². The van der Waals surface area contributed by atoms with Crippen LogP contribution in [0.25, 0.3) is 0 Å². The van der Waals surface area contributed by atoms with Gasteiger partial charge in [-0.15, -0.1) is 24.0 Å². The van der Waals surface area contributed by atoms with Crippen LogP contribution in [-0.2, 0) is 11.2 Å². The number of nitrogens with zero attached hydrogens (tertiary/aromatic N) is 2. The van der Waals surface area contributed by atoms with Crippen molar-refractivity contribution >= 4 is 35.8 Å². The number of rotatable bonds is 8. The molecule has 0 aliphatic carbocycles. The number of halogens is 1. The van der Waals surface area contributed by atoms with Gasteiger partial charge in [0.15, 0.2) is 5.96 Å². The average Bonchev–Trinajstić information content (AvgIpc) is 3.16. The third-order valence-corrected chi connectivity index (χ3v) is 4.78. The molecule has 1 saturated heterocycles. The fourth-order valence-electron chi connectivity index (χ4n) is 2.91. The molecule has 1 atom stereocenters. The highest BCUT2D eigenvalue weighted by atomic mass is 127. The zero-order chi connectivity index (χ0) is 18.8. The number of hydrogen-bond acceptors (Lipinski definition) is 4. The first-order valence-electron chi connectivity index (χ1n) is 9.63. The summed E-state index contributed by atoms with van der Waals surface area (Å²) in [5.41, 5.74) is 0. The molecule has 0 radical (unpaired) electrons. The zero-order valence-electron chi connectivity index (χ0n) is 16.7. The maximum atomic E-state index is 11.5. The fourth-order valence-corrected chi connectivity index (χ4v) is 2.91. The molecule has 154 valence electrons. The Bertz CT molecular complexity index is 556. The molecule has 2 heterocycles. The van der Waals surface area contributed by atoms with Gasteiger partial charge in [-0.05, 0) is 38.3 Å². The molecule has 27 heavy (non-hydrogen) atoms. The number of furan rings is 1. The molecule has 1 aromatic heterocycles. The molecule has 1 unspecified atom stereocenters. The van der Waals surface area contributed by atoms with Crippen molar-refractivity contribution < 1.29 is 9.21 Å². The smallest absolute Gasteiger partial charge is 0.233 e. The van der Waals surface area contributed by atoms with Crippen LogP contribution in [0.15, 0.2) is 27.8 Å². The van der Waals surface area contributed by atoms with Gasteiger partial charge in [0.2, 0.25) is 5.91 Å². The predicted octanol–water partition coefficient (Wildman–Crippen LogP) is 1.98. The number of likely N-dealkylation sites (tertiary alicyclic amines) is 1. The van der Waals surface area contributed by atoms with Crippen molar-refractivity contribution in [2.75, 3.05) is 33.2 Å². The minimum atomic E-state index is 0. The second-order valence-electron chi connectivity index (χ2n) is 6.88. The van der Waals surface area contributed by atoms with Crippen molar-refractivity contribution in [3.63, 3.8) is 0 Å². The lowest BCUT2D eigenvalue weighted by molar-refractivity contribution is -0.122. The highest BCUT2D eigenvalue weighted by Gasteiger charge is 2.21. The Hall–Kier alpha value is -1.29. The van der Waals surface area contributed by atoms with Crippen molar-refractivity contribution in [2.24, 2.45) is 4.99 Å². The van der Waals surface area contributed by atoms with Gasteiger partial charge < -0.3 is 20.4 Å². The highest BCUT2D eigenvalue weighted by Crippen LogP contribution is 2.10. The van der Waals surface area contributed by atoms with Gasteiger partial charge in [-0.2, -0.15) is 0 Å². The van der Waals surface area contributed by atoms with E-state index in [4.69, 9.17) is 9.41 Å². The second-order valence-corrected chi connectivity index (χ2v) is 6.88. The minimum Gasteiger partial charge on any atom is -0.469 e. The van der Waals surface area contributed by atoms with E-state index in [0.717, 1.165) is 50.5 Å². The summed E-state index contributed by atoms with van der Waals surface area (Å²) in [7, 11) is 1.68. The van der Waals surface area contributed by atoms with Crippen molar-refractivity contribution in [2.45, 2.75) is 51.6 Å². The van der Waals surface area contributed by atoms with Crippen molar-refractivity contribution in [3.05, 3.63) is 24.2 Å². The second kappa shape index (κ2) is 13.0. The first kappa shape index (κ1) is 23.7. The monoisotopic (exact) mass is 491 g/mol. The molecular weight excluding hydrogens is 457 g/mol. The maximum absolute atomic E-state index is 11.5. The van der Waals surface area contributed by atoms with Crippen LogP contribution in [0.3, 0.4) is 0 Å². The number of carbonyl (C=O) groups is 1. The molecule has 1 fully saturated rings. The number of aliphatic imine (C=N–C) groups is 1. The number of carbonyl (C=O) groups excluding carboxylic acids is 1. The number of guanidine groups is 1. The number of piperidine rings is 1. The molecule has 1 aliphatic rings. The molecule has 0 spiro atoms. The van der Waals surface area contributed by atoms with Crippen molar-refractivity contribution in [3.8, 4) is 0 Å². The van der Waals surface area contributed by atoms with Crippen molar-refractivity contribution in [1.29, 1.82) is 0 Å². The molecule has 2 rings (SSSR count). The molecule has 1 aromatic rings. The number of amides is 1. The van der Waals surface area contributed by atoms with E-state index in [9.17, 15) is 4.79 Å². The van der Waals surface area contributed by atoms with Crippen LogP contribution in [0, 0.1) is 0 Å². The van der Waals surface area contributed by atoms with Crippen LogP contribution >= 0.6 is 24.0 Å². The third-order valence-electron chi connectivity index (χ3n) is 4.78. The lowest BCUT2D eigenvalue weighted by atomic mass is 10.1. The van der Waals surface area contributed by atoms with Crippen LogP contribution in [0.4, 0.5) is 0 Å². The van der Waals surface area contributed by atoms with Gasteiger partial charge in [0.25, 0.3) is 0 Å². The number of nitrogens with one attached hydrogen (secondary N) is 3. The Kier molecular flexibility index (Phi) is 11.4. The number of hydrogen-bond donors (Lipinski definition) is 3. The van der Waals surface area contributed by atoms with Gasteiger partial charge in [-0.1, -0.05) is 6.92 Å². The topological polar surface area (TPSA) is 81.9 Å². The van der Waals surface area contributed by atoms with E-state index >= 15 is 0 Å². The SMILES string of the molecule is CCC(C)NC(=NCCc1ccco1)NC1CCN(CC(=O)NC)CC1.I. The van der Waals surface area contributed by atoms with Gasteiger partial charge in [-0.3, -0.25) is 14.7 Å². The van der Waals surface area contributed by atoms with E-state index in [1.807, 2.05) is 12.1 Å². The summed E-state index contributed by atoms with van der Waals surface area (Å²) in [5, 5.41) is 9.73. The Morgan fingerprint density at radius 3 is 2.74 bits per heavy atom. The Morgan fingerprint density at radius 1 is 1.41 bits per heavy atom. The molecule has 0 bridgehead atoms. The lowest BCUT2D eigenvalue weighted by Crippen LogP contribution is -2.51. The predicted molar refractivity (Wildman–Crippen MR) is 120 cm³/mol. The van der Waals surface area contributed by atoms with E-state index in [1.165, 1.54) is 0 Å². The zero-order valence-corrected chi connectivity index (χ0v) is 19.0. The quantitative estimate of drug-likeness (QED) is 0.295. The molecule has 8 heteroatoms. The van der Waals surface area contributed by atoms with Crippen LogP contribution < -0.4 is 16.0 Å². The van der Waals surface area contributed by atoms with E-state index in [1.54, 1.807) is 13.3 Å². The van der Waals surface area contributed by atoms with Gasteiger partial charge in [0.1, 0.15) is 5.76 Å². The molecule has 1 amide bonds. The minimum absolute atomic E-state index is 0. The summed E-state index contributed by atoms with van der Waals surface area (Å²) < 4.78 is 5.37. The summed E-state index contributed by atoms with van der Waals surface area (Å²) in [6.07, 6.45) is 5.56. The third kappa shape index (κ3) is 8.96.